The first-order valence-electron chi connectivity index (χ1n) is 11.8. The van der Waals surface area contributed by atoms with Crippen LogP contribution in [0.5, 0.6) is 0 Å². The van der Waals surface area contributed by atoms with Crippen LogP contribution in [0.1, 0.15) is 62.0 Å². The first-order valence-corrected chi connectivity index (χ1v) is 11.8. The quantitative estimate of drug-likeness (QED) is 0.742. The normalized spacial score (nSPS) is 19.3. The van der Waals surface area contributed by atoms with Crippen LogP contribution >= 0.6 is 0 Å². The summed E-state index contributed by atoms with van der Waals surface area (Å²) >= 11 is 0. The summed E-state index contributed by atoms with van der Waals surface area (Å²) in [6, 6.07) is 6.82. The number of amides is 2. The summed E-state index contributed by atoms with van der Waals surface area (Å²) < 4.78 is 7.80. The molecule has 1 saturated heterocycles. The van der Waals surface area contributed by atoms with E-state index in [-0.39, 0.29) is 17.9 Å². The number of ether oxygens (including phenoxy) is 1. The molecule has 2 amide bonds. The number of rotatable bonds is 3. The van der Waals surface area contributed by atoms with Crippen LogP contribution in [0.3, 0.4) is 0 Å². The second-order valence-corrected chi connectivity index (χ2v) is 9.49. The minimum absolute atomic E-state index is 0.0956. The number of carbonyl (C=O) groups is 2. The number of hydrogen-bond donors (Lipinski definition) is 0. The van der Waals surface area contributed by atoms with Gasteiger partial charge in [0.25, 0.3) is 0 Å². The predicted octanol–water partition coefficient (Wildman–Crippen LogP) is 3.10. The van der Waals surface area contributed by atoms with Gasteiger partial charge in [0.15, 0.2) is 0 Å². The lowest BCUT2D eigenvalue weighted by molar-refractivity contribution is -0.133. The maximum atomic E-state index is 12.9. The first kappa shape index (κ1) is 21.2. The number of aromatic nitrogens is 2. The third-order valence-corrected chi connectivity index (χ3v) is 7.21. The van der Waals surface area contributed by atoms with Gasteiger partial charge < -0.3 is 14.5 Å². The molecule has 1 aromatic carbocycles. The first-order chi connectivity index (χ1) is 15.4. The van der Waals surface area contributed by atoms with Crippen molar-refractivity contribution < 1.29 is 14.3 Å². The van der Waals surface area contributed by atoms with E-state index in [1.807, 2.05) is 9.80 Å². The van der Waals surface area contributed by atoms with Crippen LogP contribution in [0.15, 0.2) is 18.2 Å². The molecule has 170 valence electrons. The smallest absolute Gasteiger partial charge is 0.227 e. The average Bonchev–Trinajstić information content (AvgIpc) is 3.17. The Labute approximate surface area is 189 Å². The third-order valence-electron chi connectivity index (χ3n) is 7.21. The molecule has 4 heterocycles. The maximum absolute atomic E-state index is 12.9. The zero-order valence-electron chi connectivity index (χ0n) is 19.3. The van der Waals surface area contributed by atoms with E-state index in [0.717, 1.165) is 61.4 Å². The Balaban J connectivity index is 1.61. The molecule has 0 bridgehead atoms. The molecule has 0 N–H and O–H groups in total. The Kier molecular flexibility index (Phi) is 5.53. The molecule has 7 heteroatoms. The van der Waals surface area contributed by atoms with Gasteiger partial charge in [-0.3, -0.25) is 14.3 Å². The van der Waals surface area contributed by atoms with Crippen molar-refractivity contribution in [3.63, 3.8) is 0 Å². The van der Waals surface area contributed by atoms with Gasteiger partial charge in [-0.2, -0.15) is 5.10 Å². The van der Waals surface area contributed by atoms with E-state index in [0.29, 0.717) is 25.6 Å². The zero-order valence-corrected chi connectivity index (χ0v) is 19.3. The molecule has 0 saturated carbocycles. The molecule has 0 radical (unpaired) electrons. The maximum Gasteiger partial charge on any atom is 0.227 e. The number of hydrogen-bond acceptors (Lipinski definition) is 4. The van der Waals surface area contributed by atoms with E-state index < -0.39 is 0 Å². The lowest BCUT2D eigenvalue weighted by Gasteiger charge is -2.33. The van der Waals surface area contributed by atoms with Gasteiger partial charge in [0.05, 0.1) is 18.2 Å². The van der Waals surface area contributed by atoms with Crippen molar-refractivity contribution in [3.05, 3.63) is 40.6 Å². The molecule has 0 unspecified atom stereocenters. The highest BCUT2D eigenvalue weighted by Crippen LogP contribution is 2.37. The fourth-order valence-corrected chi connectivity index (χ4v) is 5.37. The standard InChI is InChI=1S/C25H32N4O3/c1-16(2)28-14-18-5-4-6-20(21(18)13-24(28)31)25-22-15-27(17(3)30)10-7-23(22)29(26-25)19-8-11-32-12-9-19/h4-6,16,19H,7-15H2,1-3H3. The van der Waals surface area contributed by atoms with E-state index in [1.165, 1.54) is 11.3 Å². The molecule has 0 aliphatic carbocycles. The SMILES string of the molecule is CC(=O)N1CCc2c(c(-c3cccc4c3CC(=O)N(C(C)C)C4)nn2C2CCOCC2)C1. The van der Waals surface area contributed by atoms with E-state index in [1.54, 1.807) is 6.92 Å². The molecule has 7 nitrogen and oxygen atoms in total. The Morgan fingerprint density at radius 2 is 1.94 bits per heavy atom. The van der Waals surface area contributed by atoms with Gasteiger partial charge in [-0.15, -0.1) is 0 Å². The van der Waals surface area contributed by atoms with Crippen molar-refractivity contribution in [2.45, 2.75) is 71.6 Å². The summed E-state index contributed by atoms with van der Waals surface area (Å²) in [7, 11) is 0. The molecule has 2 aromatic rings. The van der Waals surface area contributed by atoms with E-state index >= 15 is 0 Å². The lowest BCUT2D eigenvalue weighted by atomic mass is 9.90. The summed E-state index contributed by atoms with van der Waals surface area (Å²) in [5, 5.41) is 5.17. The summed E-state index contributed by atoms with van der Waals surface area (Å²) in [6.07, 6.45) is 3.13. The van der Waals surface area contributed by atoms with Crippen molar-refractivity contribution in [1.29, 1.82) is 0 Å². The molecule has 1 aromatic heterocycles. The van der Waals surface area contributed by atoms with E-state index in [2.05, 4.69) is 36.7 Å². The molecule has 32 heavy (non-hydrogen) atoms. The van der Waals surface area contributed by atoms with Gasteiger partial charge in [0.1, 0.15) is 0 Å². The monoisotopic (exact) mass is 436 g/mol. The molecule has 3 aliphatic heterocycles. The van der Waals surface area contributed by atoms with Crippen LogP contribution in [0, 0.1) is 0 Å². The second-order valence-electron chi connectivity index (χ2n) is 9.49. The fraction of sp³-hybridized carbons (Fsp3) is 0.560. The molecule has 1 fully saturated rings. The van der Waals surface area contributed by atoms with Gasteiger partial charge in [-0.05, 0) is 37.8 Å². The Morgan fingerprint density at radius 1 is 1.16 bits per heavy atom. The summed E-state index contributed by atoms with van der Waals surface area (Å²) in [5.41, 5.74) is 6.67. The summed E-state index contributed by atoms with van der Waals surface area (Å²) in [4.78, 5) is 28.9. The van der Waals surface area contributed by atoms with Gasteiger partial charge in [-0.25, -0.2) is 0 Å². The second kappa shape index (κ2) is 8.35. The van der Waals surface area contributed by atoms with Crippen molar-refractivity contribution in [3.8, 4) is 11.3 Å². The molecule has 0 atom stereocenters. The van der Waals surface area contributed by atoms with Crippen LogP contribution in [0.4, 0.5) is 0 Å². The molecule has 0 spiro atoms. The molecular formula is C25H32N4O3. The van der Waals surface area contributed by atoms with Crippen molar-refractivity contribution in [2.24, 2.45) is 0 Å². The average molecular weight is 437 g/mol. The Hall–Kier alpha value is -2.67. The lowest BCUT2D eigenvalue weighted by Crippen LogP contribution is -2.41. The van der Waals surface area contributed by atoms with Gasteiger partial charge in [0.2, 0.25) is 11.8 Å². The number of carbonyl (C=O) groups excluding carboxylic acids is 2. The molecular weight excluding hydrogens is 404 g/mol. The summed E-state index contributed by atoms with van der Waals surface area (Å²) in [5.74, 6) is 0.265. The van der Waals surface area contributed by atoms with Crippen LogP contribution in [0.25, 0.3) is 11.3 Å². The van der Waals surface area contributed by atoms with Crippen molar-refractivity contribution in [2.75, 3.05) is 19.8 Å². The highest BCUT2D eigenvalue weighted by Gasteiger charge is 2.33. The minimum Gasteiger partial charge on any atom is -0.381 e. The highest BCUT2D eigenvalue weighted by atomic mass is 16.5. The van der Waals surface area contributed by atoms with Crippen LogP contribution in [-0.2, 0) is 40.3 Å². The Bertz CT molecular complexity index is 1050. The number of nitrogens with zero attached hydrogens (tertiary/aromatic N) is 4. The Morgan fingerprint density at radius 3 is 2.66 bits per heavy atom. The molecule has 3 aliphatic rings. The van der Waals surface area contributed by atoms with E-state index in [4.69, 9.17) is 9.84 Å². The van der Waals surface area contributed by atoms with Crippen molar-refractivity contribution >= 4 is 11.8 Å². The van der Waals surface area contributed by atoms with Gasteiger partial charge >= 0.3 is 0 Å². The van der Waals surface area contributed by atoms with Gasteiger partial charge in [-0.1, -0.05) is 18.2 Å². The van der Waals surface area contributed by atoms with Crippen LogP contribution < -0.4 is 0 Å². The number of fused-ring (bicyclic) bond motifs is 2. The van der Waals surface area contributed by atoms with Crippen LogP contribution in [0.2, 0.25) is 0 Å². The topological polar surface area (TPSA) is 67.7 Å². The van der Waals surface area contributed by atoms with Crippen molar-refractivity contribution in [1.82, 2.24) is 19.6 Å². The third kappa shape index (κ3) is 3.62. The fourth-order valence-electron chi connectivity index (χ4n) is 5.37. The van der Waals surface area contributed by atoms with E-state index in [9.17, 15) is 9.59 Å². The van der Waals surface area contributed by atoms with Crippen LogP contribution in [-0.4, -0.2) is 57.2 Å². The highest BCUT2D eigenvalue weighted by molar-refractivity contribution is 5.85. The zero-order chi connectivity index (χ0) is 22.4. The molecule has 5 rings (SSSR count). The largest absolute Gasteiger partial charge is 0.381 e. The van der Waals surface area contributed by atoms with Gasteiger partial charge in [0, 0.05) is 69.1 Å². The number of benzene rings is 1. The minimum atomic E-state index is 0.0956. The summed E-state index contributed by atoms with van der Waals surface area (Å²) in [6.45, 7) is 9.23. The predicted molar refractivity (Wildman–Crippen MR) is 121 cm³/mol.